The molecule has 22 heavy (non-hydrogen) atoms. The summed E-state index contributed by atoms with van der Waals surface area (Å²) >= 11 is 5.74. The van der Waals surface area contributed by atoms with E-state index >= 15 is 0 Å². The molecule has 1 aliphatic rings. The molecule has 1 aliphatic carbocycles. The number of hydrogen-bond donors (Lipinski definition) is 2. The van der Waals surface area contributed by atoms with Crippen LogP contribution in [0, 0.1) is 6.57 Å². The first-order valence-electron chi connectivity index (χ1n) is 6.73. The Morgan fingerprint density at radius 1 is 1.32 bits per heavy atom. The molecule has 6 nitrogen and oxygen atoms in total. The fraction of sp³-hybridized carbons (Fsp3) is 0.200. The van der Waals surface area contributed by atoms with E-state index in [0.717, 1.165) is 18.5 Å². The second-order valence-electron chi connectivity index (χ2n) is 4.98. The van der Waals surface area contributed by atoms with E-state index in [9.17, 15) is 4.79 Å². The second-order valence-corrected chi connectivity index (χ2v) is 5.37. The van der Waals surface area contributed by atoms with E-state index in [-0.39, 0.29) is 11.1 Å². The third-order valence-electron chi connectivity index (χ3n) is 3.20. The van der Waals surface area contributed by atoms with Crippen molar-refractivity contribution in [3.05, 3.63) is 52.6 Å². The Morgan fingerprint density at radius 3 is 2.82 bits per heavy atom. The van der Waals surface area contributed by atoms with Gasteiger partial charge in [-0.05, 0) is 31.0 Å². The third-order valence-corrected chi connectivity index (χ3v) is 3.39. The first kappa shape index (κ1) is 14.3. The highest BCUT2D eigenvalue weighted by Crippen LogP contribution is 2.32. The summed E-state index contributed by atoms with van der Waals surface area (Å²) in [4.78, 5) is 15.7. The molecular formula is C15H12ClN5O. The zero-order valence-corrected chi connectivity index (χ0v) is 12.3. The maximum Gasteiger partial charge on any atom is 0.257 e. The van der Waals surface area contributed by atoms with Gasteiger partial charge in [-0.25, -0.2) is 4.85 Å². The van der Waals surface area contributed by atoms with Crippen molar-refractivity contribution in [2.45, 2.75) is 18.9 Å². The molecule has 1 saturated carbocycles. The van der Waals surface area contributed by atoms with Gasteiger partial charge in [0.05, 0.1) is 24.0 Å². The molecular weight excluding hydrogens is 302 g/mol. The number of carbonyl (C=O) groups excluding carboxylic acids is 1. The molecule has 2 N–H and O–H groups in total. The summed E-state index contributed by atoms with van der Waals surface area (Å²) in [6.45, 7) is 7.09. The summed E-state index contributed by atoms with van der Waals surface area (Å²) in [5, 5.41) is 13.5. The van der Waals surface area contributed by atoms with Gasteiger partial charge in [-0.1, -0.05) is 17.7 Å². The quantitative estimate of drug-likeness (QED) is 0.847. The lowest BCUT2D eigenvalue weighted by molar-refractivity contribution is 0.102. The number of amides is 1. The lowest BCUT2D eigenvalue weighted by Crippen LogP contribution is -2.14. The number of halogens is 1. The molecule has 0 spiro atoms. The highest BCUT2D eigenvalue weighted by Gasteiger charge is 2.22. The number of anilines is 2. The molecule has 1 amide bonds. The maximum atomic E-state index is 12.2. The molecule has 1 aromatic heterocycles. The lowest BCUT2D eigenvalue weighted by Gasteiger charge is -2.13. The second kappa shape index (κ2) is 6.00. The van der Waals surface area contributed by atoms with Crippen LogP contribution in [0.5, 0.6) is 0 Å². The molecule has 0 atom stereocenters. The van der Waals surface area contributed by atoms with Gasteiger partial charge >= 0.3 is 0 Å². The Kier molecular flexibility index (Phi) is 3.90. The van der Waals surface area contributed by atoms with Crippen molar-refractivity contribution in [3.63, 3.8) is 0 Å². The fourth-order valence-electron chi connectivity index (χ4n) is 1.94. The van der Waals surface area contributed by atoms with Gasteiger partial charge in [0, 0.05) is 11.7 Å². The van der Waals surface area contributed by atoms with Gasteiger partial charge in [0.15, 0.2) is 10.8 Å². The van der Waals surface area contributed by atoms with E-state index in [4.69, 9.17) is 18.2 Å². The van der Waals surface area contributed by atoms with Crippen LogP contribution < -0.4 is 10.6 Å². The van der Waals surface area contributed by atoms with Crippen molar-refractivity contribution in [2.24, 2.45) is 0 Å². The van der Waals surface area contributed by atoms with Gasteiger partial charge in [-0.15, -0.1) is 5.10 Å². The summed E-state index contributed by atoms with van der Waals surface area (Å²) in [6, 6.07) is 6.98. The number of nitrogens with zero attached hydrogens (tertiary/aromatic N) is 3. The van der Waals surface area contributed by atoms with Crippen LogP contribution in [0.1, 0.15) is 23.2 Å². The molecule has 1 heterocycles. The van der Waals surface area contributed by atoms with Crippen LogP contribution in [-0.4, -0.2) is 22.1 Å². The van der Waals surface area contributed by atoms with Crippen LogP contribution in [0.3, 0.4) is 0 Å². The molecule has 3 rings (SSSR count). The molecule has 1 fully saturated rings. The van der Waals surface area contributed by atoms with Gasteiger partial charge in [0.25, 0.3) is 5.91 Å². The number of rotatable bonds is 4. The van der Waals surface area contributed by atoms with Crippen LogP contribution in [0.4, 0.5) is 17.1 Å². The molecule has 1 aromatic carbocycles. The minimum atomic E-state index is -0.328. The zero-order valence-electron chi connectivity index (χ0n) is 11.5. The predicted molar refractivity (Wildman–Crippen MR) is 84.3 cm³/mol. The summed E-state index contributed by atoms with van der Waals surface area (Å²) in [5.41, 5.74) is 2.22. The van der Waals surface area contributed by atoms with E-state index in [1.54, 1.807) is 18.2 Å². The molecule has 7 heteroatoms. The predicted octanol–water partition coefficient (Wildman–Crippen LogP) is 3.51. The highest BCUT2D eigenvalue weighted by atomic mass is 35.5. The standard InChI is InChI=1S/C15H12ClN5O/c1-17-11-4-5-12(13(7-11)19-10-2-3-10)20-15(22)9-6-14(16)21-18-8-9/h4-8,10,19H,2-3H2,(H,20,22). The number of nitrogens with one attached hydrogen (secondary N) is 2. The zero-order chi connectivity index (χ0) is 15.5. The van der Waals surface area contributed by atoms with Crippen LogP contribution in [-0.2, 0) is 0 Å². The van der Waals surface area contributed by atoms with Gasteiger partial charge in [0.1, 0.15) is 0 Å². The molecule has 0 bridgehead atoms. The number of aromatic nitrogens is 2. The number of carbonyl (C=O) groups is 1. The summed E-state index contributed by atoms with van der Waals surface area (Å²) < 4.78 is 0. The summed E-state index contributed by atoms with van der Waals surface area (Å²) in [6.07, 6.45) is 3.54. The third kappa shape index (κ3) is 3.32. The Bertz CT molecular complexity index is 767. The van der Waals surface area contributed by atoms with E-state index in [1.165, 1.54) is 12.3 Å². The molecule has 0 saturated heterocycles. The normalized spacial score (nSPS) is 13.3. The molecule has 2 aromatic rings. The Morgan fingerprint density at radius 2 is 2.14 bits per heavy atom. The summed E-state index contributed by atoms with van der Waals surface area (Å²) in [7, 11) is 0. The van der Waals surface area contributed by atoms with Crippen LogP contribution >= 0.6 is 11.6 Å². The Labute approximate surface area is 132 Å². The number of hydrogen-bond acceptors (Lipinski definition) is 4. The van der Waals surface area contributed by atoms with Crippen molar-refractivity contribution in [1.82, 2.24) is 10.2 Å². The number of benzene rings is 1. The largest absolute Gasteiger partial charge is 0.382 e. The van der Waals surface area contributed by atoms with Crippen LogP contribution in [0.25, 0.3) is 4.85 Å². The smallest absolute Gasteiger partial charge is 0.257 e. The van der Waals surface area contributed by atoms with E-state index in [2.05, 4.69) is 25.7 Å². The van der Waals surface area contributed by atoms with E-state index in [1.807, 2.05) is 0 Å². The van der Waals surface area contributed by atoms with Gasteiger partial charge in [0.2, 0.25) is 0 Å². The van der Waals surface area contributed by atoms with Gasteiger partial charge in [-0.3, -0.25) is 4.79 Å². The van der Waals surface area contributed by atoms with E-state index in [0.29, 0.717) is 23.0 Å². The molecule has 110 valence electrons. The Hall–Kier alpha value is -2.65. The molecule has 0 unspecified atom stereocenters. The van der Waals surface area contributed by atoms with Crippen molar-refractivity contribution in [3.8, 4) is 0 Å². The molecule has 0 radical (unpaired) electrons. The van der Waals surface area contributed by atoms with Crippen LogP contribution in [0.2, 0.25) is 5.15 Å². The van der Waals surface area contributed by atoms with E-state index < -0.39 is 0 Å². The van der Waals surface area contributed by atoms with Crippen molar-refractivity contribution in [1.29, 1.82) is 0 Å². The minimum absolute atomic E-state index is 0.160. The van der Waals surface area contributed by atoms with Crippen molar-refractivity contribution in [2.75, 3.05) is 10.6 Å². The van der Waals surface area contributed by atoms with Gasteiger partial charge in [-0.2, -0.15) is 5.10 Å². The van der Waals surface area contributed by atoms with Crippen molar-refractivity contribution >= 4 is 34.6 Å². The van der Waals surface area contributed by atoms with Crippen molar-refractivity contribution < 1.29 is 4.79 Å². The first-order valence-corrected chi connectivity index (χ1v) is 7.11. The monoisotopic (exact) mass is 313 g/mol. The summed E-state index contributed by atoms with van der Waals surface area (Å²) in [5.74, 6) is -0.328. The van der Waals surface area contributed by atoms with Gasteiger partial charge < -0.3 is 10.6 Å². The van der Waals surface area contributed by atoms with Crippen LogP contribution in [0.15, 0.2) is 30.5 Å². The SMILES string of the molecule is [C-]#[N+]c1ccc(NC(=O)c2cnnc(Cl)c2)c(NC2CC2)c1. The average molecular weight is 314 g/mol. The fourth-order valence-corrected chi connectivity index (χ4v) is 2.10. The topological polar surface area (TPSA) is 71.3 Å². The average Bonchev–Trinajstić information content (AvgIpc) is 3.33. The Balaban J connectivity index is 1.84. The minimum Gasteiger partial charge on any atom is -0.382 e. The first-order chi connectivity index (χ1) is 10.7. The lowest BCUT2D eigenvalue weighted by atomic mass is 10.2. The highest BCUT2D eigenvalue weighted by molar-refractivity contribution is 6.29. The maximum absolute atomic E-state index is 12.2. The molecule has 0 aliphatic heterocycles.